The molecule has 3 heterocycles. The van der Waals surface area contributed by atoms with Crippen molar-refractivity contribution in [3.8, 4) is 5.88 Å². The molecule has 2 aromatic heterocycles. The number of carbonyl (C=O) groups excluding carboxylic acids is 1. The van der Waals surface area contributed by atoms with E-state index in [0.717, 1.165) is 21.3 Å². The van der Waals surface area contributed by atoms with Gasteiger partial charge < -0.3 is 14.7 Å². The van der Waals surface area contributed by atoms with Crippen LogP contribution in [0.3, 0.4) is 0 Å². The van der Waals surface area contributed by atoms with Gasteiger partial charge in [-0.05, 0) is 24.6 Å². The summed E-state index contributed by atoms with van der Waals surface area (Å²) >= 11 is 4.95. The van der Waals surface area contributed by atoms with Crippen LogP contribution in [0, 0.1) is 0 Å². The normalized spacial score (nSPS) is 16.2. The van der Waals surface area contributed by atoms with Gasteiger partial charge in [-0.25, -0.2) is 9.78 Å². The molecule has 1 aromatic carbocycles. The number of aryl methyl sites for hydroxylation is 1. The van der Waals surface area contributed by atoms with Crippen molar-refractivity contribution in [2.24, 2.45) is 0 Å². The summed E-state index contributed by atoms with van der Waals surface area (Å²) in [6.07, 6.45) is 0.445. The maximum absolute atomic E-state index is 12.1. The molecule has 1 aliphatic rings. The van der Waals surface area contributed by atoms with Crippen molar-refractivity contribution in [1.29, 1.82) is 0 Å². The van der Waals surface area contributed by atoms with Gasteiger partial charge in [-0.15, -0.1) is 5.10 Å². The molecule has 0 unspecified atom stereocenters. The summed E-state index contributed by atoms with van der Waals surface area (Å²) in [6, 6.07) is 7.96. The van der Waals surface area contributed by atoms with Gasteiger partial charge in [0.25, 0.3) is 0 Å². The molecule has 0 radical (unpaired) electrons. The Labute approximate surface area is 187 Å². The molecule has 1 atom stereocenters. The number of thiazole rings is 1. The van der Waals surface area contributed by atoms with Crippen LogP contribution in [0.15, 0.2) is 28.7 Å². The fourth-order valence-corrected chi connectivity index (χ4v) is 5.07. The molecule has 1 N–H and O–H groups in total. The summed E-state index contributed by atoms with van der Waals surface area (Å²) in [7, 11) is 0. The van der Waals surface area contributed by atoms with Crippen molar-refractivity contribution in [2.75, 3.05) is 32.8 Å². The Balaban J connectivity index is 1.66. The van der Waals surface area contributed by atoms with Crippen LogP contribution in [0.25, 0.3) is 4.96 Å². The number of hydrogen-bond acceptors (Lipinski definition) is 7. The molecule has 160 valence electrons. The molecule has 1 amide bonds. The SMILES string of the molecule is CCOC(=O)N1CCN([C@H](c2ccc(Br)cc2)c2sc3nc(CC)nn3c2O)CC1. The van der Waals surface area contributed by atoms with Gasteiger partial charge in [-0.1, -0.05) is 46.3 Å². The van der Waals surface area contributed by atoms with Crippen LogP contribution < -0.4 is 0 Å². The number of fused-ring (bicyclic) bond motifs is 1. The van der Waals surface area contributed by atoms with Gasteiger partial charge in [0, 0.05) is 37.1 Å². The molecule has 0 bridgehead atoms. The summed E-state index contributed by atoms with van der Waals surface area (Å²) in [5.74, 6) is 0.842. The predicted molar refractivity (Wildman–Crippen MR) is 118 cm³/mol. The lowest BCUT2D eigenvalue weighted by Gasteiger charge is -2.38. The standard InChI is InChI=1S/C20H24BrN5O3S/c1-3-15-22-19-26(23-15)18(27)17(30-19)16(13-5-7-14(21)8-6-13)24-9-11-25(12-10-24)20(28)29-4-2/h5-8,16,27H,3-4,9-12H2,1-2H3/t16-/m1/s1. The zero-order chi connectivity index (χ0) is 21.3. The Bertz CT molecular complexity index is 1030. The zero-order valence-electron chi connectivity index (χ0n) is 16.9. The number of piperazine rings is 1. The van der Waals surface area contributed by atoms with Crippen molar-refractivity contribution in [1.82, 2.24) is 24.4 Å². The van der Waals surface area contributed by atoms with Crippen LogP contribution in [0.4, 0.5) is 4.79 Å². The van der Waals surface area contributed by atoms with Crippen molar-refractivity contribution in [2.45, 2.75) is 26.3 Å². The maximum Gasteiger partial charge on any atom is 0.409 e. The molecule has 1 aliphatic heterocycles. The van der Waals surface area contributed by atoms with E-state index < -0.39 is 0 Å². The van der Waals surface area contributed by atoms with Crippen molar-refractivity contribution < 1.29 is 14.6 Å². The van der Waals surface area contributed by atoms with E-state index in [-0.39, 0.29) is 18.0 Å². The second kappa shape index (κ2) is 8.91. The number of halogens is 1. The van der Waals surface area contributed by atoms with Crippen LogP contribution in [-0.4, -0.2) is 68.4 Å². The van der Waals surface area contributed by atoms with Crippen LogP contribution in [0.5, 0.6) is 5.88 Å². The van der Waals surface area contributed by atoms with Crippen molar-refractivity contribution in [3.63, 3.8) is 0 Å². The van der Waals surface area contributed by atoms with E-state index in [2.05, 4.69) is 43.0 Å². The topological polar surface area (TPSA) is 83.2 Å². The molecule has 4 rings (SSSR count). The predicted octanol–water partition coefficient (Wildman–Crippen LogP) is 3.68. The molecular weight excluding hydrogens is 470 g/mol. The van der Waals surface area contributed by atoms with Crippen LogP contribution >= 0.6 is 27.3 Å². The zero-order valence-corrected chi connectivity index (χ0v) is 19.3. The molecule has 1 fully saturated rings. The van der Waals surface area contributed by atoms with Gasteiger partial charge in [0.05, 0.1) is 17.5 Å². The Morgan fingerprint density at radius 2 is 1.93 bits per heavy atom. The van der Waals surface area contributed by atoms with Crippen LogP contribution in [-0.2, 0) is 11.2 Å². The molecule has 3 aromatic rings. The summed E-state index contributed by atoms with van der Waals surface area (Å²) in [6.45, 7) is 6.67. The molecule has 0 spiro atoms. The summed E-state index contributed by atoms with van der Waals surface area (Å²) in [4.78, 5) is 22.1. The maximum atomic E-state index is 12.1. The van der Waals surface area contributed by atoms with E-state index in [1.54, 1.807) is 4.90 Å². The first kappa shape index (κ1) is 21.1. The fourth-order valence-electron chi connectivity index (χ4n) is 3.67. The number of rotatable bonds is 5. The van der Waals surface area contributed by atoms with Crippen LogP contribution in [0.1, 0.15) is 36.2 Å². The highest BCUT2D eigenvalue weighted by Gasteiger charge is 2.33. The molecule has 0 saturated carbocycles. The first-order chi connectivity index (χ1) is 14.5. The lowest BCUT2D eigenvalue weighted by atomic mass is 10.0. The Morgan fingerprint density at radius 1 is 1.23 bits per heavy atom. The number of aromatic hydroxyl groups is 1. The van der Waals surface area contributed by atoms with Gasteiger partial charge in [0.15, 0.2) is 5.82 Å². The molecule has 1 saturated heterocycles. The highest BCUT2D eigenvalue weighted by molar-refractivity contribution is 9.10. The lowest BCUT2D eigenvalue weighted by molar-refractivity contribution is 0.0715. The quantitative estimate of drug-likeness (QED) is 0.583. The van der Waals surface area contributed by atoms with Crippen molar-refractivity contribution >= 4 is 38.3 Å². The molecule has 10 heteroatoms. The van der Waals surface area contributed by atoms with Gasteiger partial charge in [0.1, 0.15) is 0 Å². The molecular formula is C20H24BrN5O3S. The summed E-state index contributed by atoms with van der Waals surface area (Å²) in [5, 5.41) is 15.4. The number of carbonyl (C=O) groups is 1. The van der Waals surface area contributed by atoms with E-state index in [1.807, 2.05) is 26.0 Å². The monoisotopic (exact) mass is 493 g/mol. The number of benzene rings is 1. The molecule has 8 nitrogen and oxygen atoms in total. The summed E-state index contributed by atoms with van der Waals surface area (Å²) < 4.78 is 7.66. The Morgan fingerprint density at radius 3 is 2.53 bits per heavy atom. The highest BCUT2D eigenvalue weighted by atomic mass is 79.9. The van der Waals surface area contributed by atoms with E-state index in [4.69, 9.17) is 4.74 Å². The lowest BCUT2D eigenvalue weighted by Crippen LogP contribution is -2.49. The van der Waals surface area contributed by atoms with Crippen molar-refractivity contribution in [3.05, 3.63) is 45.0 Å². The minimum atomic E-state index is -0.272. The number of hydrogen-bond donors (Lipinski definition) is 1. The average Bonchev–Trinajstić information content (AvgIpc) is 3.29. The van der Waals surface area contributed by atoms with E-state index >= 15 is 0 Å². The second-order valence-corrected chi connectivity index (χ2v) is 8.97. The number of nitrogens with zero attached hydrogens (tertiary/aromatic N) is 5. The van der Waals surface area contributed by atoms with Gasteiger partial charge >= 0.3 is 6.09 Å². The first-order valence-corrected chi connectivity index (χ1v) is 11.6. The van der Waals surface area contributed by atoms with Gasteiger partial charge in [-0.2, -0.15) is 4.52 Å². The minimum absolute atomic E-state index is 0.128. The third-order valence-corrected chi connectivity index (χ3v) is 6.80. The minimum Gasteiger partial charge on any atom is -0.492 e. The van der Waals surface area contributed by atoms with E-state index in [1.165, 1.54) is 15.9 Å². The van der Waals surface area contributed by atoms with Gasteiger partial charge in [0.2, 0.25) is 10.8 Å². The van der Waals surface area contributed by atoms with Crippen LogP contribution in [0.2, 0.25) is 0 Å². The van der Waals surface area contributed by atoms with E-state index in [0.29, 0.717) is 43.6 Å². The third-order valence-electron chi connectivity index (χ3n) is 5.20. The number of amides is 1. The largest absolute Gasteiger partial charge is 0.492 e. The Kier molecular flexibility index (Phi) is 6.26. The smallest absolute Gasteiger partial charge is 0.409 e. The second-order valence-electron chi connectivity index (χ2n) is 7.04. The molecule has 0 aliphatic carbocycles. The fraction of sp³-hybridized carbons (Fsp3) is 0.450. The Hall–Kier alpha value is -2.17. The number of aromatic nitrogens is 3. The van der Waals surface area contributed by atoms with E-state index in [9.17, 15) is 9.90 Å². The summed E-state index contributed by atoms with van der Waals surface area (Å²) in [5.41, 5.74) is 1.07. The van der Waals surface area contributed by atoms with Gasteiger partial charge in [-0.3, -0.25) is 4.90 Å². The molecule has 30 heavy (non-hydrogen) atoms. The first-order valence-electron chi connectivity index (χ1n) is 10.00. The third kappa shape index (κ3) is 4.03. The highest BCUT2D eigenvalue weighted by Crippen LogP contribution is 2.40. The average molecular weight is 494 g/mol. The number of ether oxygens (including phenoxy) is 1.